The molecular formula is C16H19N3. The van der Waals surface area contributed by atoms with Crippen LogP contribution >= 0.6 is 0 Å². The number of benzene rings is 1. The van der Waals surface area contributed by atoms with Gasteiger partial charge in [0, 0.05) is 28.5 Å². The van der Waals surface area contributed by atoms with Gasteiger partial charge in [0.25, 0.3) is 0 Å². The van der Waals surface area contributed by atoms with Crippen molar-refractivity contribution in [3.05, 3.63) is 42.2 Å². The molecule has 3 rings (SSSR count). The lowest BCUT2D eigenvalue weighted by Crippen LogP contribution is -2.14. The van der Waals surface area contributed by atoms with E-state index in [1.165, 1.54) is 10.8 Å². The molecule has 3 nitrogen and oxygen atoms in total. The molecule has 1 aromatic carbocycles. The van der Waals surface area contributed by atoms with Gasteiger partial charge in [-0.25, -0.2) is 0 Å². The Morgan fingerprint density at radius 3 is 2.74 bits per heavy atom. The minimum Gasteiger partial charge on any atom is -0.353 e. The van der Waals surface area contributed by atoms with Crippen molar-refractivity contribution < 1.29 is 0 Å². The van der Waals surface area contributed by atoms with Crippen LogP contribution in [0.2, 0.25) is 0 Å². The zero-order chi connectivity index (χ0) is 13.4. The number of nitrogens with two attached hydrogens (primary N) is 1. The predicted molar refractivity (Wildman–Crippen MR) is 80.0 cm³/mol. The minimum absolute atomic E-state index is 0.0169. The van der Waals surface area contributed by atoms with E-state index in [0.29, 0.717) is 5.92 Å². The first-order chi connectivity index (χ1) is 9.16. The first kappa shape index (κ1) is 12.2. The van der Waals surface area contributed by atoms with Gasteiger partial charge in [-0.1, -0.05) is 32.0 Å². The Hall–Kier alpha value is -1.87. The van der Waals surface area contributed by atoms with Crippen LogP contribution in [0.25, 0.3) is 21.8 Å². The van der Waals surface area contributed by atoms with Crippen LogP contribution in [0.5, 0.6) is 0 Å². The number of nitrogens with one attached hydrogen (secondary N) is 1. The molecule has 0 amide bonds. The molecule has 3 aromatic rings. The maximum atomic E-state index is 6.30. The van der Waals surface area contributed by atoms with Gasteiger partial charge in [-0.15, -0.1) is 0 Å². The first-order valence-electron chi connectivity index (χ1n) is 6.77. The van der Waals surface area contributed by atoms with Crippen LogP contribution in [-0.4, -0.2) is 9.97 Å². The number of rotatable bonds is 3. The van der Waals surface area contributed by atoms with E-state index in [9.17, 15) is 0 Å². The second-order valence-electron chi connectivity index (χ2n) is 5.53. The van der Waals surface area contributed by atoms with Crippen molar-refractivity contribution in [1.29, 1.82) is 0 Å². The van der Waals surface area contributed by atoms with Gasteiger partial charge in [0.15, 0.2) is 0 Å². The number of aromatic amines is 1. The van der Waals surface area contributed by atoms with Gasteiger partial charge in [0.1, 0.15) is 0 Å². The number of para-hydroxylation sites is 1. The summed E-state index contributed by atoms with van der Waals surface area (Å²) in [7, 11) is 0. The van der Waals surface area contributed by atoms with E-state index in [2.05, 4.69) is 48.1 Å². The second kappa shape index (κ2) is 4.67. The molecule has 0 aliphatic heterocycles. The van der Waals surface area contributed by atoms with Gasteiger partial charge in [-0.3, -0.25) is 4.98 Å². The number of hydrogen-bond donors (Lipinski definition) is 2. The summed E-state index contributed by atoms with van der Waals surface area (Å²) < 4.78 is 0. The van der Waals surface area contributed by atoms with Crippen LogP contribution in [0.1, 0.15) is 32.0 Å². The van der Waals surface area contributed by atoms with Crippen molar-refractivity contribution in [1.82, 2.24) is 9.97 Å². The predicted octanol–water partition coefficient (Wildman–Crippen LogP) is 3.76. The molecule has 3 N–H and O–H groups in total. The Morgan fingerprint density at radius 1 is 1.16 bits per heavy atom. The normalized spacial score (nSPS) is 13.5. The molecule has 0 fully saturated rings. The number of aromatic nitrogens is 2. The van der Waals surface area contributed by atoms with Crippen molar-refractivity contribution in [2.75, 3.05) is 0 Å². The van der Waals surface area contributed by atoms with Crippen molar-refractivity contribution in [2.24, 2.45) is 11.7 Å². The molecule has 3 heteroatoms. The molecule has 19 heavy (non-hydrogen) atoms. The minimum atomic E-state index is -0.0169. The second-order valence-corrected chi connectivity index (χ2v) is 5.53. The number of nitrogens with zero attached hydrogens (tertiary/aromatic N) is 1. The Bertz CT molecular complexity index is 712. The van der Waals surface area contributed by atoms with Gasteiger partial charge < -0.3 is 10.7 Å². The van der Waals surface area contributed by atoms with E-state index < -0.39 is 0 Å². The third kappa shape index (κ3) is 2.10. The Balaban J connectivity index is 2.20. The molecule has 1 unspecified atom stereocenters. The van der Waals surface area contributed by atoms with E-state index in [1.807, 2.05) is 12.3 Å². The lowest BCUT2D eigenvalue weighted by Gasteiger charge is -2.14. The number of H-pyrrole nitrogens is 1. The zero-order valence-electron chi connectivity index (χ0n) is 11.4. The van der Waals surface area contributed by atoms with E-state index in [0.717, 1.165) is 23.1 Å². The van der Waals surface area contributed by atoms with E-state index >= 15 is 0 Å². The molecule has 0 aliphatic carbocycles. The number of fused-ring (bicyclic) bond motifs is 3. The van der Waals surface area contributed by atoms with Crippen molar-refractivity contribution in [2.45, 2.75) is 26.3 Å². The van der Waals surface area contributed by atoms with Crippen LogP contribution < -0.4 is 5.73 Å². The van der Waals surface area contributed by atoms with Crippen molar-refractivity contribution in [3.63, 3.8) is 0 Å². The Kier molecular flexibility index (Phi) is 2.99. The third-order valence-electron chi connectivity index (χ3n) is 3.53. The first-order valence-corrected chi connectivity index (χ1v) is 6.77. The van der Waals surface area contributed by atoms with Crippen molar-refractivity contribution in [3.8, 4) is 0 Å². The zero-order valence-corrected chi connectivity index (χ0v) is 11.4. The summed E-state index contributed by atoms with van der Waals surface area (Å²) >= 11 is 0. The van der Waals surface area contributed by atoms with Crippen LogP contribution in [0, 0.1) is 5.92 Å². The molecule has 98 valence electrons. The number of pyridine rings is 1. The van der Waals surface area contributed by atoms with Gasteiger partial charge in [-0.05, 0) is 24.5 Å². The van der Waals surface area contributed by atoms with Gasteiger partial charge in [0.2, 0.25) is 0 Å². The Labute approximate surface area is 112 Å². The summed E-state index contributed by atoms with van der Waals surface area (Å²) in [5.41, 5.74) is 9.50. The number of hydrogen-bond acceptors (Lipinski definition) is 2. The standard InChI is InChI=1S/C16H19N3/c1-10(2)9-13(17)16-15-12(7-8-18-16)11-5-3-4-6-14(11)19-15/h3-8,10,13,19H,9,17H2,1-2H3. The van der Waals surface area contributed by atoms with E-state index in [-0.39, 0.29) is 6.04 Å². The fourth-order valence-corrected chi connectivity index (χ4v) is 2.70. The highest BCUT2D eigenvalue weighted by atomic mass is 14.8. The van der Waals surface area contributed by atoms with Crippen LogP contribution in [0.15, 0.2) is 36.5 Å². The summed E-state index contributed by atoms with van der Waals surface area (Å²) in [4.78, 5) is 7.96. The summed E-state index contributed by atoms with van der Waals surface area (Å²) in [6.07, 6.45) is 2.81. The summed E-state index contributed by atoms with van der Waals surface area (Å²) in [5, 5.41) is 2.44. The summed E-state index contributed by atoms with van der Waals surface area (Å²) in [6, 6.07) is 10.4. The fourth-order valence-electron chi connectivity index (χ4n) is 2.70. The molecule has 0 saturated carbocycles. The van der Waals surface area contributed by atoms with Crippen LogP contribution in [-0.2, 0) is 0 Å². The molecule has 0 saturated heterocycles. The highest BCUT2D eigenvalue weighted by Gasteiger charge is 2.15. The largest absolute Gasteiger partial charge is 0.353 e. The SMILES string of the molecule is CC(C)CC(N)c1nccc2c1[nH]c1ccccc12. The molecule has 0 spiro atoms. The van der Waals surface area contributed by atoms with Crippen molar-refractivity contribution >= 4 is 21.8 Å². The fraction of sp³-hybridized carbons (Fsp3) is 0.312. The maximum absolute atomic E-state index is 6.30. The molecule has 1 atom stereocenters. The monoisotopic (exact) mass is 253 g/mol. The highest BCUT2D eigenvalue weighted by Crippen LogP contribution is 2.29. The molecule has 2 aromatic heterocycles. The summed E-state index contributed by atoms with van der Waals surface area (Å²) in [6.45, 7) is 4.37. The molecule has 0 radical (unpaired) electrons. The average molecular weight is 253 g/mol. The quantitative estimate of drug-likeness (QED) is 0.746. The van der Waals surface area contributed by atoms with Crippen LogP contribution in [0.4, 0.5) is 0 Å². The maximum Gasteiger partial charge on any atom is 0.0811 e. The lowest BCUT2D eigenvalue weighted by atomic mass is 10.0. The van der Waals surface area contributed by atoms with Gasteiger partial charge >= 0.3 is 0 Å². The third-order valence-corrected chi connectivity index (χ3v) is 3.53. The van der Waals surface area contributed by atoms with E-state index in [4.69, 9.17) is 5.73 Å². The highest BCUT2D eigenvalue weighted by molar-refractivity contribution is 6.07. The molecule has 0 aliphatic rings. The molecular weight excluding hydrogens is 234 g/mol. The van der Waals surface area contributed by atoms with Crippen LogP contribution in [0.3, 0.4) is 0 Å². The van der Waals surface area contributed by atoms with E-state index in [1.54, 1.807) is 0 Å². The summed E-state index contributed by atoms with van der Waals surface area (Å²) in [5.74, 6) is 0.566. The molecule has 0 bridgehead atoms. The van der Waals surface area contributed by atoms with Gasteiger partial charge in [0.05, 0.1) is 11.2 Å². The average Bonchev–Trinajstić information content (AvgIpc) is 2.76. The smallest absolute Gasteiger partial charge is 0.0811 e. The molecule has 2 heterocycles. The Morgan fingerprint density at radius 2 is 1.95 bits per heavy atom. The topological polar surface area (TPSA) is 54.7 Å². The lowest BCUT2D eigenvalue weighted by molar-refractivity contribution is 0.504. The van der Waals surface area contributed by atoms with Gasteiger partial charge in [-0.2, -0.15) is 0 Å².